The van der Waals surface area contributed by atoms with E-state index in [0.29, 0.717) is 11.5 Å². The molecule has 0 bridgehead atoms. The molecule has 0 heterocycles. The van der Waals surface area contributed by atoms with Crippen LogP contribution in [0.2, 0.25) is 0 Å². The molecule has 0 saturated heterocycles. The van der Waals surface area contributed by atoms with Crippen LogP contribution in [-0.2, 0) is 4.79 Å². The minimum Gasteiger partial charge on any atom is -0.294 e. The first-order chi connectivity index (χ1) is 9.25. The van der Waals surface area contributed by atoms with Gasteiger partial charge in [0.15, 0.2) is 5.78 Å². The van der Waals surface area contributed by atoms with Gasteiger partial charge in [0.05, 0.1) is 5.75 Å². The number of carbonyl (C=O) groups is 1. The van der Waals surface area contributed by atoms with Crippen LogP contribution in [0.4, 0.5) is 0 Å². The Hall–Kier alpha value is -0.540. The quantitative estimate of drug-likeness (QED) is 0.684. The van der Waals surface area contributed by atoms with Crippen molar-refractivity contribution in [1.29, 1.82) is 0 Å². The molecule has 0 aliphatic heterocycles. The lowest BCUT2D eigenvalue weighted by molar-refractivity contribution is -0.113. The Bertz CT molecular complexity index is 468. The average molecular weight is 339 g/mol. The van der Waals surface area contributed by atoms with Gasteiger partial charge in [-0.1, -0.05) is 40.9 Å². The normalized spacial score (nSPS) is 19.1. The second kappa shape index (κ2) is 7.91. The predicted octanol–water partition coefficient (Wildman–Crippen LogP) is 5.39. The lowest BCUT2D eigenvalue weighted by Gasteiger charge is -2.10. The summed E-state index contributed by atoms with van der Waals surface area (Å²) in [6.07, 6.45) is 9.19. The van der Waals surface area contributed by atoms with Crippen molar-refractivity contribution in [3.05, 3.63) is 40.4 Å². The van der Waals surface area contributed by atoms with Gasteiger partial charge in [0.1, 0.15) is 0 Å². The van der Waals surface area contributed by atoms with E-state index in [4.69, 9.17) is 0 Å². The van der Waals surface area contributed by atoms with Crippen LogP contribution >= 0.6 is 27.7 Å². The number of halogens is 1. The highest BCUT2D eigenvalue weighted by molar-refractivity contribution is 9.10. The molecule has 0 fully saturated rings. The highest BCUT2D eigenvalue weighted by Crippen LogP contribution is 2.24. The van der Waals surface area contributed by atoms with Gasteiger partial charge >= 0.3 is 0 Å². The van der Waals surface area contributed by atoms with E-state index in [1.165, 1.54) is 25.7 Å². The van der Waals surface area contributed by atoms with Crippen LogP contribution in [0.25, 0.3) is 0 Å². The van der Waals surface area contributed by atoms with E-state index in [1.807, 2.05) is 12.1 Å². The average Bonchev–Trinajstić information content (AvgIpc) is 2.36. The van der Waals surface area contributed by atoms with E-state index in [9.17, 15) is 4.79 Å². The molecule has 102 valence electrons. The monoisotopic (exact) mass is 338 g/mol. The lowest BCUT2D eigenvalue weighted by Crippen LogP contribution is -2.07. The third-order valence-electron chi connectivity index (χ3n) is 3.32. The summed E-state index contributed by atoms with van der Waals surface area (Å²) in [6.45, 7) is 0. The zero-order valence-electron chi connectivity index (χ0n) is 11.0. The number of thioether (sulfide) groups is 1. The first kappa shape index (κ1) is 14.9. The van der Waals surface area contributed by atoms with Crippen molar-refractivity contribution >= 4 is 33.5 Å². The molecule has 0 amide bonds. The topological polar surface area (TPSA) is 17.1 Å². The summed E-state index contributed by atoms with van der Waals surface area (Å²) in [5, 5.41) is 0. The Kier molecular flexibility index (Phi) is 6.18. The minimum atomic E-state index is 0.312. The molecule has 0 spiro atoms. The molecule has 0 radical (unpaired) electrons. The van der Waals surface area contributed by atoms with E-state index >= 15 is 0 Å². The van der Waals surface area contributed by atoms with Crippen LogP contribution in [-0.4, -0.2) is 11.5 Å². The molecule has 0 atom stereocenters. The Morgan fingerprint density at radius 3 is 2.89 bits per heavy atom. The third-order valence-corrected chi connectivity index (χ3v) is 4.80. The summed E-state index contributed by atoms with van der Waals surface area (Å²) in [4.78, 5) is 13.4. The molecule has 1 aliphatic rings. The fourth-order valence-corrected chi connectivity index (χ4v) is 3.66. The highest BCUT2D eigenvalue weighted by atomic mass is 79.9. The molecule has 0 aromatic heterocycles. The Morgan fingerprint density at radius 2 is 2.05 bits per heavy atom. The van der Waals surface area contributed by atoms with Crippen molar-refractivity contribution in [1.82, 2.24) is 0 Å². The SMILES string of the molecule is O=C(CSc1cccc(Br)c1)/C1=C/CCCCCC1. The largest absolute Gasteiger partial charge is 0.294 e. The van der Waals surface area contributed by atoms with Gasteiger partial charge in [0, 0.05) is 9.37 Å². The van der Waals surface area contributed by atoms with E-state index < -0.39 is 0 Å². The zero-order valence-corrected chi connectivity index (χ0v) is 13.4. The maximum absolute atomic E-state index is 12.2. The van der Waals surface area contributed by atoms with Crippen LogP contribution in [0.5, 0.6) is 0 Å². The molecule has 0 saturated carbocycles. The molecule has 1 nitrogen and oxygen atoms in total. The fraction of sp³-hybridized carbons (Fsp3) is 0.438. The summed E-state index contributed by atoms with van der Waals surface area (Å²) in [5.74, 6) is 0.870. The molecular formula is C16H19BrOS. The van der Waals surface area contributed by atoms with Crippen LogP contribution < -0.4 is 0 Å². The van der Waals surface area contributed by atoms with E-state index in [2.05, 4.69) is 34.1 Å². The summed E-state index contributed by atoms with van der Waals surface area (Å²) < 4.78 is 1.06. The number of carbonyl (C=O) groups excluding carboxylic acids is 1. The van der Waals surface area contributed by atoms with Crippen LogP contribution in [0, 0.1) is 0 Å². The van der Waals surface area contributed by atoms with Crippen LogP contribution in [0.1, 0.15) is 38.5 Å². The van der Waals surface area contributed by atoms with E-state index in [-0.39, 0.29) is 0 Å². The number of hydrogen-bond donors (Lipinski definition) is 0. The minimum absolute atomic E-state index is 0.312. The van der Waals surface area contributed by atoms with Gasteiger partial charge in [-0.25, -0.2) is 0 Å². The molecule has 19 heavy (non-hydrogen) atoms. The summed E-state index contributed by atoms with van der Waals surface area (Å²) in [5.41, 5.74) is 1.06. The van der Waals surface area contributed by atoms with Gasteiger partial charge in [-0.3, -0.25) is 4.79 Å². The van der Waals surface area contributed by atoms with Crippen molar-refractivity contribution < 1.29 is 4.79 Å². The lowest BCUT2D eigenvalue weighted by atomic mass is 9.98. The Labute approximate surface area is 128 Å². The summed E-state index contributed by atoms with van der Waals surface area (Å²) in [7, 11) is 0. The van der Waals surface area contributed by atoms with Gasteiger partial charge in [-0.2, -0.15) is 0 Å². The van der Waals surface area contributed by atoms with Gasteiger partial charge < -0.3 is 0 Å². The van der Waals surface area contributed by atoms with Crippen molar-refractivity contribution in [3.8, 4) is 0 Å². The van der Waals surface area contributed by atoms with Gasteiger partial charge in [0.2, 0.25) is 0 Å². The first-order valence-corrected chi connectivity index (χ1v) is 8.64. The smallest absolute Gasteiger partial charge is 0.168 e. The standard InChI is InChI=1S/C16H19BrOS/c17-14-9-6-10-15(11-14)19-12-16(18)13-7-4-2-1-3-5-8-13/h6-7,9-11H,1-5,8,12H2/b13-7+. The second-order valence-corrected chi connectivity index (χ2v) is 6.82. The van der Waals surface area contributed by atoms with E-state index in [1.54, 1.807) is 11.8 Å². The second-order valence-electron chi connectivity index (χ2n) is 4.85. The Balaban J connectivity index is 1.89. The number of allylic oxidation sites excluding steroid dienone is 2. The number of Topliss-reactive ketones (excluding diaryl/α,β-unsaturated/α-hetero) is 1. The molecule has 2 rings (SSSR count). The molecule has 0 N–H and O–H groups in total. The highest BCUT2D eigenvalue weighted by Gasteiger charge is 2.11. The summed E-state index contributed by atoms with van der Waals surface area (Å²) in [6, 6.07) is 8.12. The fourth-order valence-electron chi connectivity index (χ4n) is 2.24. The first-order valence-electron chi connectivity index (χ1n) is 6.86. The Morgan fingerprint density at radius 1 is 1.21 bits per heavy atom. The van der Waals surface area contributed by atoms with Crippen LogP contribution in [0.15, 0.2) is 45.3 Å². The van der Waals surface area contributed by atoms with Crippen molar-refractivity contribution in [3.63, 3.8) is 0 Å². The predicted molar refractivity (Wildman–Crippen MR) is 85.7 cm³/mol. The maximum atomic E-state index is 12.2. The zero-order chi connectivity index (χ0) is 13.5. The molecule has 1 aliphatic carbocycles. The molecular weight excluding hydrogens is 320 g/mol. The van der Waals surface area contributed by atoms with Crippen molar-refractivity contribution in [2.75, 3.05) is 5.75 Å². The molecule has 3 heteroatoms. The third kappa shape index (κ3) is 5.15. The molecule has 1 aromatic carbocycles. The molecule has 0 unspecified atom stereocenters. The van der Waals surface area contributed by atoms with Crippen molar-refractivity contribution in [2.24, 2.45) is 0 Å². The number of rotatable bonds is 4. The number of ketones is 1. The van der Waals surface area contributed by atoms with Gasteiger partial charge in [0.25, 0.3) is 0 Å². The van der Waals surface area contributed by atoms with Gasteiger partial charge in [-0.05, 0) is 49.5 Å². The number of hydrogen-bond acceptors (Lipinski definition) is 2. The number of benzene rings is 1. The summed E-state index contributed by atoms with van der Waals surface area (Å²) >= 11 is 5.08. The van der Waals surface area contributed by atoms with E-state index in [0.717, 1.165) is 27.8 Å². The van der Waals surface area contributed by atoms with Crippen LogP contribution in [0.3, 0.4) is 0 Å². The van der Waals surface area contributed by atoms with Crippen molar-refractivity contribution in [2.45, 2.75) is 43.4 Å². The van der Waals surface area contributed by atoms with Gasteiger partial charge in [-0.15, -0.1) is 11.8 Å². The molecule has 1 aromatic rings. The maximum Gasteiger partial charge on any atom is 0.168 e.